The number of carbonyl (C=O) groups excluding carboxylic acids is 2. The van der Waals surface area contributed by atoms with Crippen LogP contribution < -0.4 is 0 Å². The molecule has 0 saturated carbocycles. The Morgan fingerprint density at radius 1 is 1.12 bits per heavy atom. The normalized spacial score (nSPS) is 22.9. The molecule has 1 N–H and O–H groups in total. The number of hydrogen-bond acceptors (Lipinski definition) is 4. The number of amides is 1. The maximum Gasteiger partial charge on any atom is 0.319 e. The number of piperidine rings is 1. The molecule has 1 heterocycles. The van der Waals surface area contributed by atoms with Gasteiger partial charge in [-0.2, -0.15) is 0 Å². The number of likely N-dealkylation sites (tertiary alicyclic amines) is 1. The van der Waals surface area contributed by atoms with Gasteiger partial charge in [0.2, 0.25) is 5.91 Å². The molecule has 1 fully saturated rings. The molecular formula is C21H23NO4. The zero-order valence-electron chi connectivity index (χ0n) is 14.7. The van der Waals surface area contributed by atoms with Crippen molar-refractivity contribution in [2.75, 3.05) is 13.2 Å². The number of hydrogen-bond donors (Lipinski definition) is 1. The number of nitrogens with zero attached hydrogens (tertiary/aromatic N) is 1. The molecule has 0 aromatic heterocycles. The lowest BCUT2D eigenvalue weighted by Gasteiger charge is -2.40. The molecule has 1 aliphatic heterocycles. The molecule has 0 radical (unpaired) electrons. The van der Waals surface area contributed by atoms with Crippen molar-refractivity contribution in [3.63, 3.8) is 0 Å². The van der Waals surface area contributed by atoms with E-state index in [0.29, 0.717) is 6.54 Å². The van der Waals surface area contributed by atoms with Gasteiger partial charge in [-0.15, -0.1) is 0 Å². The quantitative estimate of drug-likeness (QED) is 0.662. The topological polar surface area (TPSA) is 66.8 Å². The van der Waals surface area contributed by atoms with Gasteiger partial charge in [0, 0.05) is 19.0 Å². The van der Waals surface area contributed by atoms with Gasteiger partial charge < -0.3 is 14.7 Å². The van der Waals surface area contributed by atoms with Crippen LogP contribution in [0.1, 0.15) is 24.0 Å². The molecule has 1 aliphatic rings. The molecule has 2 aromatic carbocycles. The predicted octanol–water partition coefficient (Wildman–Crippen LogP) is 2.35. The van der Waals surface area contributed by atoms with Crippen molar-refractivity contribution in [1.82, 2.24) is 4.90 Å². The van der Waals surface area contributed by atoms with Crippen molar-refractivity contribution in [2.45, 2.75) is 25.5 Å². The molecule has 5 nitrogen and oxygen atoms in total. The highest BCUT2D eigenvalue weighted by molar-refractivity contribution is 5.99. The summed E-state index contributed by atoms with van der Waals surface area (Å²) in [6, 6.07) is 18.7. The molecule has 5 heteroatoms. The number of benzene rings is 2. The van der Waals surface area contributed by atoms with Crippen LogP contribution in [0.15, 0.2) is 60.7 Å². The van der Waals surface area contributed by atoms with Crippen LogP contribution in [0.25, 0.3) is 0 Å². The lowest BCUT2D eigenvalue weighted by atomic mass is 9.78. The zero-order valence-corrected chi connectivity index (χ0v) is 14.7. The van der Waals surface area contributed by atoms with Gasteiger partial charge in [-0.1, -0.05) is 60.7 Å². The molecular weight excluding hydrogens is 330 g/mol. The fraction of sp³-hybridized carbons (Fsp3) is 0.333. The van der Waals surface area contributed by atoms with E-state index in [-0.39, 0.29) is 19.1 Å². The average molecular weight is 353 g/mol. The van der Waals surface area contributed by atoms with Gasteiger partial charge >= 0.3 is 5.97 Å². The summed E-state index contributed by atoms with van der Waals surface area (Å²) >= 11 is 0. The van der Waals surface area contributed by atoms with Gasteiger partial charge in [-0.05, 0) is 18.1 Å². The smallest absolute Gasteiger partial charge is 0.319 e. The summed E-state index contributed by atoms with van der Waals surface area (Å²) in [4.78, 5) is 27.2. The third kappa shape index (κ3) is 3.78. The largest absolute Gasteiger partial charge is 0.465 e. The summed E-state index contributed by atoms with van der Waals surface area (Å²) in [5.41, 5.74) is 1.72. The standard InChI is InChI=1S/C21H23NO4/c1-2-26-21(25)19-18(16-11-7-4-8-12-16)17(23)14-22(20(19)24)13-15-9-5-3-6-10-15/h3-12,17-19,23H,2,13-14H2,1H3/t17-,18-,19+/m1/s1. The van der Waals surface area contributed by atoms with Crippen LogP contribution in [-0.2, 0) is 20.9 Å². The first-order valence-corrected chi connectivity index (χ1v) is 8.84. The van der Waals surface area contributed by atoms with E-state index in [0.717, 1.165) is 11.1 Å². The van der Waals surface area contributed by atoms with Crippen LogP contribution in [0.4, 0.5) is 0 Å². The highest BCUT2D eigenvalue weighted by Gasteiger charge is 2.47. The number of rotatable bonds is 5. The minimum atomic E-state index is -1.04. The number of aliphatic hydroxyl groups is 1. The Kier molecular flexibility index (Phi) is 5.68. The van der Waals surface area contributed by atoms with Gasteiger partial charge in [0.15, 0.2) is 0 Å². The Hall–Kier alpha value is -2.66. The predicted molar refractivity (Wildman–Crippen MR) is 97.2 cm³/mol. The van der Waals surface area contributed by atoms with E-state index in [9.17, 15) is 14.7 Å². The van der Waals surface area contributed by atoms with E-state index in [4.69, 9.17) is 4.74 Å². The van der Waals surface area contributed by atoms with Gasteiger partial charge in [0.05, 0.1) is 12.7 Å². The molecule has 0 aliphatic carbocycles. The first-order chi connectivity index (χ1) is 12.6. The molecule has 0 unspecified atom stereocenters. The van der Waals surface area contributed by atoms with E-state index in [1.165, 1.54) is 0 Å². The van der Waals surface area contributed by atoms with Crippen molar-refractivity contribution < 1.29 is 19.4 Å². The lowest BCUT2D eigenvalue weighted by molar-refractivity contribution is -0.163. The highest BCUT2D eigenvalue weighted by Crippen LogP contribution is 2.35. The van der Waals surface area contributed by atoms with Crippen LogP contribution in [0, 0.1) is 5.92 Å². The van der Waals surface area contributed by atoms with Crippen LogP contribution in [-0.4, -0.2) is 41.1 Å². The molecule has 136 valence electrons. The Bertz CT molecular complexity index is 747. The van der Waals surface area contributed by atoms with Crippen molar-refractivity contribution in [3.8, 4) is 0 Å². The molecule has 2 aromatic rings. The first-order valence-electron chi connectivity index (χ1n) is 8.84. The molecule has 0 bridgehead atoms. The second-order valence-electron chi connectivity index (χ2n) is 6.44. The fourth-order valence-corrected chi connectivity index (χ4v) is 3.52. The van der Waals surface area contributed by atoms with Crippen molar-refractivity contribution in [2.24, 2.45) is 5.92 Å². The monoisotopic (exact) mass is 353 g/mol. The molecule has 26 heavy (non-hydrogen) atoms. The van der Waals surface area contributed by atoms with Crippen molar-refractivity contribution >= 4 is 11.9 Å². The van der Waals surface area contributed by atoms with Gasteiger partial charge in [0.25, 0.3) is 0 Å². The first kappa shape index (κ1) is 18.1. The number of esters is 1. The molecule has 1 amide bonds. The SMILES string of the molecule is CCOC(=O)[C@@H]1C(=O)N(Cc2ccccc2)C[C@@H](O)[C@H]1c1ccccc1. The summed E-state index contributed by atoms with van der Waals surface area (Å²) in [5.74, 6) is -2.52. The number of ether oxygens (including phenoxy) is 1. The summed E-state index contributed by atoms with van der Waals surface area (Å²) in [6.07, 6.45) is -0.840. The third-order valence-electron chi connectivity index (χ3n) is 4.70. The minimum Gasteiger partial charge on any atom is -0.465 e. The van der Waals surface area contributed by atoms with E-state index >= 15 is 0 Å². The molecule has 3 rings (SSSR count). The third-order valence-corrected chi connectivity index (χ3v) is 4.70. The number of aliphatic hydroxyl groups excluding tert-OH is 1. The maximum absolute atomic E-state index is 13.1. The molecule has 0 spiro atoms. The number of carbonyl (C=O) groups is 2. The summed E-state index contributed by atoms with van der Waals surface area (Å²) in [7, 11) is 0. The highest BCUT2D eigenvalue weighted by atomic mass is 16.5. The van der Waals surface area contributed by atoms with E-state index in [1.807, 2.05) is 60.7 Å². The average Bonchev–Trinajstić information content (AvgIpc) is 2.66. The van der Waals surface area contributed by atoms with E-state index < -0.39 is 23.9 Å². The molecule has 1 saturated heterocycles. The van der Waals surface area contributed by atoms with Crippen molar-refractivity contribution in [3.05, 3.63) is 71.8 Å². The summed E-state index contributed by atoms with van der Waals surface area (Å²) in [5, 5.41) is 10.8. The molecule has 3 atom stereocenters. The van der Waals surface area contributed by atoms with Gasteiger partial charge in [0.1, 0.15) is 5.92 Å². The fourth-order valence-electron chi connectivity index (χ4n) is 3.52. The second kappa shape index (κ2) is 8.15. The Balaban J connectivity index is 1.91. The van der Waals surface area contributed by atoms with Crippen LogP contribution >= 0.6 is 0 Å². The van der Waals surface area contributed by atoms with Gasteiger partial charge in [-0.25, -0.2) is 0 Å². The van der Waals surface area contributed by atoms with E-state index in [2.05, 4.69) is 0 Å². The summed E-state index contributed by atoms with van der Waals surface area (Å²) < 4.78 is 5.15. The Labute approximate surface area is 153 Å². The number of β-amino-alcohol motifs (C(OH)–C–C–N with tert-alkyl or cyclic N) is 1. The second-order valence-corrected chi connectivity index (χ2v) is 6.44. The Morgan fingerprint density at radius 3 is 2.35 bits per heavy atom. The van der Waals surface area contributed by atoms with Crippen LogP contribution in [0.2, 0.25) is 0 Å². The van der Waals surface area contributed by atoms with Crippen LogP contribution in [0.5, 0.6) is 0 Å². The zero-order chi connectivity index (χ0) is 18.5. The minimum absolute atomic E-state index is 0.184. The summed E-state index contributed by atoms with van der Waals surface area (Å²) in [6.45, 7) is 2.44. The van der Waals surface area contributed by atoms with Crippen molar-refractivity contribution in [1.29, 1.82) is 0 Å². The van der Waals surface area contributed by atoms with Gasteiger partial charge in [-0.3, -0.25) is 9.59 Å². The van der Waals surface area contributed by atoms with Crippen LogP contribution in [0.3, 0.4) is 0 Å². The Morgan fingerprint density at radius 2 is 1.73 bits per heavy atom. The van der Waals surface area contributed by atoms with E-state index in [1.54, 1.807) is 11.8 Å². The maximum atomic E-state index is 13.1. The lowest BCUT2D eigenvalue weighted by Crippen LogP contribution is -2.54.